The number of carbonyl (C=O) groups is 1. The lowest BCUT2D eigenvalue weighted by molar-refractivity contribution is -0.137. The van der Waals surface area contributed by atoms with Crippen LogP contribution in [-0.4, -0.2) is 16.7 Å². The fraction of sp³-hybridized carbons (Fsp3) is 0.458. The van der Waals surface area contributed by atoms with E-state index in [1.54, 1.807) is 0 Å². The van der Waals surface area contributed by atoms with Crippen LogP contribution in [0.4, 0.5) is 0 Å². The minimum atomic E-state index is -0.737. The third kappa shape index (κ3) is 4.44. The molecule has 0 saturated heterocycles. The van der Waals surface area contributed by atoms with Crippen LogP contribution in [0.2, 0.25) is 5.02 Å². The maximum Gasteiger partial charge on any atom is 0.303 e. The summed E-state index contributed by atoms with van der Waals surface area (Å²) < 4.78 is 12.5. The Morgan fingerprint density at radius 2 is 2.00 bits per heavy atom. The molecule has 4 rings (SSSR count). The van der Waals surface area contributed by atoms with Crippen molar-refractivity contribution < 1.29 is 19.4 Å². The summed E-state index contributed by atoms with van der Waals surface area (Å²) in [5.74, 6) is 0.447. The molecule has 2 aromatic carbocycles. The van der Waals surface area contributed by atoms with Gasteiger partial charge in [0.15, 0.2) is 0 Å². The van der Waals surface area contributed by atoms with Crippen molar-refractivity contribution in [1.29, 1.82) is 0 Å². The van der Waals surface area contributed by atoms with E-state index >= 15 is 0 Å². The smallest absolute Gasteiger partial charge is 0.303 e. The Balaban J connectivity index is 1.51. The molecular formula is C24H27ClO4. The highest BCUT2D eigenvalue weighted by Gasteiger charge is 2.33. The van der Waals surface area contributed by atoms with Gasteiger partial charge in [-0.1, -0.05) is 35.9 Å². The Kier molecular flexibility index (Phi) is 5.58. The van der Waals surface area contributed by atoms with Gasteiger partial charge < -0.3 is 14.6 Å². The van der Waals surface area contributed by atoms with Crippen LogP contribution in [0.1, 0.15) is 73.8 Å². The van der Waals surface area contributed by atoms with E-state index in [2.05, 4.69) is 26.0 Å². The van der Waals surface area contributed by atoms with Gasteiger partial charge in [0, 0.05) is 23.4 Å². The summed E-state index contributed by atoms with van der Waals surface area (Å²) in [6.45, 7) is 4.61. The zero-order valence-corrected chi connectivity index (χ0v) is 17.7. The predicted octanol–water partition coefficient (Wildman–Crippen LogP) is 6.05. The van der Waals surface area contributed by atoms with Crippen molar-refractivity contribution in [3.05, 3.63) is 63.7 Å². The minimum Gasteiger partial charge on any atom is -0.487 e. The molecule has 0 spiro atoms. The van der Waals surface area contributed by atoms with Crippen molar-refractivity contribution >= 4 is 17.6 Å². The van der Waals surface area contributed by atoms with E-state index in [9.17, 15) is 4.79 Å². The molecule has 2 unspecified atom stereocenters. The molecule has 154 valence electrons. The Hall–Kier alpha value is -2.04. The second kappa shape index (κ2) is 8.00. The largest absolute Gasteiger partial charge is 0.487 e. The molecule has 4 nitrogen and oxygen atoms in total. The molecule has 2 atom stereocenters. The highest BCUT2D eigenvalue weighted by atomic mass is 35.5. The lowest BCUT2D eigenvalue weighted by atomic mass is 9.79. The van der Waals surface area contributed by atoms with Gasteiger partial charge in [0.1, 0.15) is 11.4 Å². The normalized spacial score (nSPS) is 21.9. The molecule has 0 radical (unpaired) electrons. The zero-order chi connectivity index (χ0) is 20.6. The van der Waals surface area contributed by atoms with Crippen molar-refractivity contribution in [2.24, 2.45) is 0 Å². The average molecular weight is 415 g/mol. The second-order valence-electron chi connectivity index (χ2n) is 8.73. The van der Waals surface area contributed by atoms with E-state index in [0.717, 1.165) is 36.1 Å². The number of hydrogen-bond donors (Lipinski definition) is 1. The fourth-order valence-electron chi connectivity index (χ4n) is 4.65. The Morgan fingerprint density at radius 1 is 1.24 bits per heavy atom. The zero-order valence-electron chi connectivity index (χ0n) is 16.9. The molecule has 1 aliphatic heterocycles. The maximum atomic E-state index is 11.0. The van der Waals surface area contributed by atoms with Gasteiger partial charge in [0.25, 0.3) is 0 Å². The van der Waals surface area contributed by atoms with Crippen LogP contribution in [0, 0.1) is 0 Å². The Morgan fingerprint density at radius 3 is 2.76 bits per heavy atom. The van der Waals surface area contributed by atoms with Crippen LogP contribution in [0.15, 0.2) is 36.4 Å². The summed E-state index contributed by atoms with van der Waals surface area (Å²) in [6.07, 6.45) is 3.53. The van der Waals surface area contributed by atoms with Crippen LogP contribution in [-0.2, 0) is 22.6 Å². The van der Waals surface area contributed by atoms with E-state index in [0.29, 0.717) is 18.1 Å². The van der Waals surface area contributed by atoms with Crippen LogP contribution in [0.3, 0.4) is 0 Å². The summed E-state index contributed by atoms with van der Waals surface area (Å²) in [4.78, 5) is 11.0. The van der Waals surface area contributed by atoms with Crippen LogP contribution in [0.5, 0.6) is 5.75 Å². The molecule has 1 N–H and O–H groups in total. The first kappa shape index (κ1) is 20.2. The first-order valence-electron chi connectivity index (χ1n) is 10.2. The SMILES string of the molecule is CC1(C)Cc2cc(Cl)cc(COC3CCC(CCC(=O)O)c4ccccc43)c2O1. The van der Waals surface area contributed by atoms with Crippen molar-refractivity contribution in [2.75, 3.05) is 0 Å². The van der Waals surface area contributed by atoms with Crippen LogP contribution >= 0.6 is 11.6 Å². The summed E-state index contributed by atoms with van der Waals surface area (Å²) in [7, 11) is 0. The molecule has 1 aliphatic carbocycles. The third-order valence-electron chi connectivity index (χ3n) is 5.91. The number of carboxylic acids is 1. The Labute approximate surface area is 176 Å². The lowest BCUT2D eigenvalue weighted by Crippen LogP contribution is -2.25. The molecule has 2 aromatic rings. The van der Waals surface area contributed by atoms with E-state index in [1.807, 2.05) is 24.3 Å². The molecule has 0 fully saturated rings. The third-order valence-corrected chi connectivity index (χ3v) is 6.13. The first-order chi connectivity index (χ1) is 13.8. The number of halogens is 1. The van der Waals surface area contributed by atoms with E-state index in [-0.39, 0.29) is 24.0 Å². The molecule has 29 heavy (non-hydrogen) atoms. The monoisotopic (exact) mass is 414 g/mol. The highest BCUT2D eigenvalue weighted by Crippen LogP contribution is 2.44. The maximum absolute atomic E-state index is 11.0. The van der Waals surface area contributed by atoms with Crippen LogP contribution in [0.25, 0.3) is 0 Å². The van der Waals surface area contributed by atoms with E-state index < -0.39 is 5.97 Å². The number of fused-ring (bicyclic) bond motifs is 2. The van der Waals surface area contributed by atoms with Gasteiger partial charge in [-0.2, -0.15) is 0 Å². The summed E-state index contributed by atoms with van der Waals surface area (Å²) in [6, 6.07) is 12.2. The van der Waals surface area contributed by atoms with Crippen molar-refractivity contribution in [2.45, 2.75) is 70.2 Å². The second-order valence-corrected chi connectivity index (χ2v) is 9.16. The van der Waals surface area contributed by atoms with Crippen LogP contribution < -0.4 is 4.74 Å². The van der Waals surface area contributed by atoms with Gasteiger partial charge in [-0.05, 0) is 67.9 Å². The molecular weight excluding hydrogens is 388 g/mol. The molecule has 0 amide bonds. The molecule has 5 heteroatoms. The first-order valence-corrected chi connectivity index (χ1v) is 10.6. The van der Waals surface area contributed by atoms with Gasteiger partial charge in [0.2, 0.25) is 0 Å². The van der Waals surface area contributed by atoms with Gasteiger partial charge in [-0.15, -0.1) is 0 Å². The van der Waals surface area contributed by atoms with Gasteiger partial charge >= 0.3 is 5.97 Å². The number of carboxylic acid groups (broad SMARTS) is 1. The molecule has 0 aromatic heterocycles. The molecule has 0 bridgehead atoms. The molecule has 2 aliphatic rings. The van der Waals surface area contributed by atoms with Gasteiger partial charge in [-0.3, -0.25) is 4.79 Å². The lowest BCUT2D eigenvalue weighted by Gasteiger charge is -2.31. The standard InChI is InChI=1S/C24H27ClO4/c1-24(2)13-16-11-18(25)12-17(23(16)29-24)14-28-21-9-7-15(8-10-22(26)27)19-5-3-4-6-20(19)21/h3-6,11-12,15,21H,7-10,13-14H2,1-2H3,(H,26,27). The number of ether oxygens (including phenoxy) is 2. The number of aliphatic carboxylic acids is 1. The highest BCUT2D eigenvalue weighted by molar-refractivity contribution is 6.30. The number of hydrogen-bond acceptors (Lipinski definition) is 3. The predicted molar refractivity (Wildman–Crippen MR) is 113 cm³/mol. The van der Waals surface area contributed by atoms with Crippen molar-refractivity contribution in [1.82, 2.24) is 0 Å². The van der Waals surface area contributed by atoms with Gasteiger partial charge in [-0.25, -0.2) is 0 Å². The minimum absolute atomic E-state index is 0.00340. The fourth-order valence-corrected chi connectivity index (χ4v) is 4.92. The quantitative estimate of drug-likeness (QED) is 0.624. The van der Waals surface area contributed by atoms with Crippen molar-refractivity contribution in [3.63, 3.8) is 0 Å². The molecule has 0 saturated carbocycles. The van der Waals surface area contributed by atoms with E-state index in [1.165, 1.54) is 11.1 Å². The summed E-state index contributed by atoms with van der Waals surface area (Å²) >= 11 is 6.34. The van der Waals surface area contributed by atoms with Gasteiger partial charge in [0.05, 0.1) is 12.7 Å². The Bertz CT molecular complexity index is 921. The topological polar surface area (TPSA) is 55.8 Å². The molecule has 1 heterocycles. The van der Waals surface area contributed by atoms with E-state index in [4.69, 9.17) is 26.2 Å². The van der Waals surface area contributed by atoms with Crippen molar-refractivity contribution in [3.8, 4) is 5.75 Å². The summed E-state index contributed by atoms with van der Waals surface area (Å²) in [5, 5.41) is 9.75. The average Bonchev–Trinajstić information content (AvgIpc) is 2.98. The number of benzene rings is 2. The summed E-state index contributed by atoms with van der Waals surface area (Å²) in [5.41, 5.74) is 4.30. The number of rotatable bonds is 6.